The molecule has 3 aromatic rings. The highest BCUT2D eigenvalue weighted by molar-refractivity contribution is 7.08. The van der Waals surface area contributed by atoms with Gasteiger partial charge in [0.15, 0.2) is 0 Å². The molecule has 0 saturated carbocycles. The molecule has 0 aliphatic carbocycles. The van der Waals surface area contributed by atoms with Crippen LogP contribution in [0.15, 0.2) is 41.6 Å². The molecule has 0 radical (unpaired) electrons. The van der Waals surface area contributed by atoms with Crippen molar-refractivity contribution in [2.75, 3.05) is 13.1 Å². The summed E-state index contributed by atoms with van der Waals surface area (Å²) in [7, 11) is 0. The topological polar surface area (TPSA) is 63.9 Å². The number of amides is 1. The number of imidazole rings is 1. The SMILES string of the molecule is O=C(c1cnccn1)N1CCC2(CCc3ncc(-c4ccsc4)n3C2)CC1. The molecule has 1 amide bonds. The summed E-state index contributed by atoms with van der Waals surface area (Å²) in [5.74, 6) is 1.19. The number of likely N-dealkylation sites (tertiary alicyclic amines) is 1. The van der Waals surface area contributed by atoms with Crippen molar-refractivity contribution >= 4 is 17.2 Å². The molecule has 2 aliphatic rings. The van der Waals surface area contributed by atoms with E-state index in [0.29, 0.717) is 5.69 Å². The molecule has 1 saturated heterocycles. The third kappa shape index (κ3) is 2.96. The minimum atomic E-state index is -0.00367. The van der Waals surface area contributed by atoms with E-state index in [1.807, 2.05) is 11.1 Å². The van der Waals surface area contributed by atoms with Gasteiger partial charge in [-0.3, -0.25) is 9.78 Å². The van der Waals surface area contributed by atoms with Crippen molar-refractivity contribution < 1.29 is 4.79 Å². The van der Waals surface area contributed by atoms with Crippen LogP contribution < -0.4 is 0 Å². The average molecular weight is 379 g/mol. The molecule has 5 heterocycles. The number of carbonyl (C=O) groups excluding carboxylic acids is 1. The number of fused-ring (bicyclic) bond motifs is 1. The number of carbonyl (C=O) groups is 1. The molecule has 0 atom stereocenters. The highest BCUT2D eigenvalue weighted by Crippen LogP contribution is 2.42. The standard InChI is InChI=1S/C20H21N5OS/c26-19(16-11-21-6-7-22-16)24-8-4-20(5-9-24)3-1-18-23-12-17(25(18)14-20)15-2-10-27-13-15/h2,6-7,10-13H,1,3-5,8-9,14H2. The largest absolute Gasteiger partial charge is 0.337 e. The molecule has 0 N–H and O–H groups in total. The van der Waals surface area contributed by atoms with Gasteiger partial charge in [-0.1, -0.05) is 0 Å². The Labute approximate surface area is 161 Å². The summed E-state index contributed by atoms with van der Waals surface area (Å²) < 4.78 is 2.41. The molecule has 1 spiro atoms. The predicted octanol–water partition coefficient (Wildman–Crippen LogP) is 3.27. The first-order valence-corrected chi connectivity index (χ1v) is 10.3. The Morgan fingerprint density at radius 2 is 2.00 bits per heavy atom. The van der Waals surface area contributed by atoms with Crippen molar-refractivity contribution in [1.29, 1.82) is 0 Å². The minimum Gasteiger partial charge on any atom is -0.337 e. The van der Waals surface area contributed by atoms with Gasteiger partial charge in [0.1, 0.15) is 11.5 Å². The van der Waals surface area contributed by atoms with Crippen molar-refractivity contribution in [3.63, 3.8) is 0 Å². The van der Waals surface area contributed by atoms with Gasteiger partial charge in [-0.2, -0.15) is 11.3 Å². The number of aryl methyl sites for hydroxylation is 1. The Bertz CT molecular complexity index is 942. The molecule has 138 valence electrons. The fraction of sp³-hybridized carbons (Fsp3) is 0.400. The van der Waals surface area contributed by atoms with Crippen molar-refractivity contribution in [2.24, 2.45) is 5.41 Å². The quantitative estimate of drug-likeness (QED) is 0.685. The maximum Gasteiger partial charge on any atom is 0.274 e. The molecular weight excluding hydrogens is 358 g/mol. The number of thiophene rings is 1. The average Bonchev–Trinajstić information content (AvgIpc) is 3.38. The van der Waals surface area contributed by atoms with Gasteiger partial charge in [0.2, 0.25) is 0 Å². The van der Waals surface area contributed by atoms with E-state index in [2.05, 4.69) is 36.3 Å². The van der Waals surface area contributed by atoms with Crippen LogP contribution in [0.2, 0.25) is 0 Å². The molecular formula is C20H21N5OS. The molecule has 0 aromatic carbocycles. The van der Waals surface area contributed by atoms with Crippen LogP contribution >= 0.6 is 11.3 Å². The van der Waals surface area contributed by atoms with Crippen LogP contribution in [-0.2, 0) is 13.0 Å². The molecule has 1 fully saturated rings. The molecule has 27 heavy (non-hydrogen) atoms. The van der Waals surface area contributed by atoms with Crippen LogP contribution in [0.5, 0.6) is 0 Å². The fourth-order valence-corrected chi connectivity index (χ4v) is 5.04. The number of aromatic nitrogens is 4. The van der Waals surface area contributed by atoms with E-state index in [9.17, 15) is 4.79 Å². The van der Waals surface area contributed by atoms with E-state index in [4.69, 9.17) is 0 Å². The number of piperidine rings is 1. The van der Waals surface area contributed by atoms with Crippen molar-refractivity contribution in [2.45, 2.75) is 32.2 Å². The summed E-state index contributed by atoms with van der Waals surface area (Å²) in [5.41, 5.74) is 3.18. The summed E-state index contributed by atoms with van der Waals surface area (Å²) in [6.45, 7) is 2.57. The molecule has 5 rings (SSSR count). The third-order valence-corrected chi connectivity index (χ3v) is 6.70. The van der Waals surface area contributed by atoms with Crippen LogP contribution in [0.1, 0.15) is 35.6 Å². The summed E-state index contributed by atoms with van der Waals surface area (Å²) >= 11 is 1.72. The van der Waals surface area contributed by atoms with Crippen LogP contribution in [0.25, 0.3) is 11.3 Å². The number of rotatable bonds is 2. The van der Waals surface area contributed by atoms with Crippen LogP contribution in [0.3, 0.4) is 0 Å². The van der Waals surface area contributed by atoms with Gasteiger partial charge < -0.3 is 9.47 Å². The van der Waals surface area contributed by atoms with Crippen molar-refractivity contribution in [1.82, 2.24) is 24.4 Å². The van der Waals surface area contributed by atoms with Crippen LogP contribution in [0, 0.1) is 5.41 Å². The van der Waals surface area contributed by atoms with E-state index >= 15 is 0 Å². The first-order valence-electron chi connectivity index (χ1n) is 9.36. The van der Waals surface area contributed by atoms with E-state index in [1.165, 1.54) is 17.1 Å². The smallest absolute Gasteiger partial charge is 0.274 e. The second kappa shape index (κ2) is 6.56. The highest BCUT2D eigenvalue weighted by Gasteiger charge is 2.40. The Morgan fingerprint density at radius 3 is 2.74 bits per heavy atom. The Hall–Kier alpha value is -2.54. The summed E-state index contributed by atoms with van der Waals surface area (Å²) in [5, 5.41) is 4.30. The first kappa shape index (κ1) is 16.6. The van der Waals surface area contributed by atoms with Gasteiger partial charge >= 0.3 is 0 Å². The summed E-state index contributed by atoms with van der Waals surface area (Å²) in [4.78, 5) is 27.4. The molecule has 6 nitrogen and oxygen atoms in total. The Balaban J connectivity index is 1.33. The maximum atomic E-state index is 12.6. The molecule has 7 heteroatoms. The van der Waals surface area contributed by atoms with Gasteiger partial charge in [-0.05, 0) is 36.1 Å². The van der Waals surface area contributed by atoms with Crippen LogP contribution in [0.4, 0.5) is 0 Å². The van der Waals surface area contributed by atoms with Gasteiger partial charge in [0, 0.05) is 49.4 Å². The van der Waals surface area contributed by atoms with E-state index in [-0.39, 0.29) is 11.3 Å². The van der Waals surface area contributed by atoms with Gasteiger partial charge in [-0.25, -0.2) is 9.97 Å². The number of nitrogens with zero attached hydrogens (tertiary/aromatic N) is 5. The second-order valence-corrected chi connectivity index (χ2v) is 8.32. The van der Waals surface area contributed by atoms with Crippen LogP contribution in [-0.4, -0.2) is 43.4 Å². The van der Waals surface area contributed by atoms with Gasteiger partial charge in [-0.15, -0.1) is 0 Å². The lowest BCUT2D eigenvalue weighted by molar-refractivity contribution is 0.0466. The lowest BCUT2D eigenvalue weighted by Gasteiger charge is -2.44. The van der Waals surface area contributed by atoms with Gasteiger partial charge in [0.05, 0.1) is 18.1 Å². The minimum absolute atomic E-state index is 0.00367. The van der Waals surface area contributed by atoms with Gasteiger partial charge in [0.25, 0.3) is 5.91 Å². The zero-order valence-electron chi connectivity index (χ0n) is 15.0. The Morgan fingerprint density at radius 1 is 1.11 bits per heavy atom. The predicted molar refractivity (Wildman–Crippen MR) is 103 cm³/mol. The van der Waals surface area contributed by atoms with Crippen molar-refractivity contribution in [3.05, 3.63) is 53.1 Å². The summed E-state index contributed by atoms with van der Waals surface area (Å²) in [6.07, 6.45) is 11.0. The summed E-state index contributed by atoms with van der Waals surface area (Å²) in [6, 6.07) is 2.17. The van der Waals surface area contributed by atoms with E-state index in [1.54, 1.807) is 29.9 Å². The number of hydrogen-bond donors (Lipinski definition) is 0. The normalized spacial score (nSPS) is 18.4. The second-order valence-electron chi connectivity index (χ2n) is 7.54. The Kier molecular flexibility index (Phi) is 4.04. The maximum absolute atomic E-state index is 12.6. The van der Waals surface area contributed by atoms with E-state index in [0.717, 1.165) is 45.3 Å². The lowest BCUT2D eigenvalue weighted by Crippen LogP contribution is -2.46. The number of hydrogen-bond acceptors (Lipinski definition) is 5. The van der Waals surface area contributed by atoms with E-state index < -0.39 is 0 Å². The lowest BCUT2D eigenvalue weighted by atomic mass is 9.73. The first-order chi connectivity index (χ1) is 13.2. The molecule has 0 bridgehead atoms. The molecule has 3 aromatic heterocycles. The third-order valence-electron chi connectivity index (χ3n) is 6.02. The molecule has 2 aliphatic heterocycles. The fourth-order valence-electron chi connectivity index (χ4n) is 4.39. The van der Waals surface area contributed by atoms with Crippen molar-refractivity contribution in [3.8, 4) is 11.3 Å². The zero-order chi connectivity index (χ0) is 18.3. The monoisotopic (exact) mass is 379 g/mol. The zero-order valence-corrected chi connectivity index (χ0v) is 15.9. The highest BCUT2D eigenvalue weighted by atomic mass is 32.1. The molecule has 0 unspecified atom stereocenters.